The summed E-state index contributed by atoms with van der Waals surface area (Å²) >= 11 is 3.42. The number of rotatable bonds is 6. The molecule has 172 valence electrons. The number of benzene rings is 2. The van der Waals surface area contributed by atoms with Crippen molar-refractivity contribution in [2.75, 3.05) is 49.1 Å². The Morgan fingerprint density at radius 1 is 1.12 bits per heavy atom. The Bertz CT molecular complexity index is 1090. The highest BCUT2D eigenvalue weighted by Gasteiger charge is 2.32. The first-order valence-electron chi connectivity index (χ1n) is 10.9. The number of fused-ring (bicyclic) bond motifs is 1. The molecule has 32 heavy (non-hydrogen) atoms. The van der Waals surface area contributed by atoms with Crippen LogP contribution >= 0.6 is 15.9 Å². The highest BCUT2D eigenvalue weighted by molar-refractivity contribution is 9.10. The first-order chi connectivity index (χ1) is 15.3. The van der Waals surface area contributed by atoms with Gasteiger partial charge in [-0.25, -0.2) is 13.1 Å². The molecule has 0 saturated carbocycles. The van der Waals surface area contributed by atoms with E-state index in [9.17, 15) is 13.2 Å². The van der Waals surface area contributed by atoms with E-state index in [2.05, 4.69) is 42.6 Å². The van der Waals surface area contributed by atoms with Gasteiger partial charge in [0.15, 0.2) is 0 Å². The van der Waals surface area contributed by atoms with Crippen LogP contribution in [-0.4, -0.2) is 64.5 Å². The van der Waals surface area contributed by atoms with Crippen LogP contribution in [0.3, 0.4) is 0 Å². The largest absolute Gasteiger partial charge is 0.369 e. The van der Waals surface area contributed by atoms with Gasteiger partial charge >= 0.3 is 0 Å². The van der Waals surface area contributed by atoms with Gasteiger partial charge in [0.1, 0.15) is 0 Å². The number of anilines is 2. The van der Waals surface area contributed by atoms with Crippen LogP contribution in [0.15, 0.2) is 51.8 Å². The number of para-hydroxylation sites is 1. The van der Waals surface area contributed by atoms with Gasteiger partial charge in [-0.15, -0.1) is 0 Å². The number of halogens is 1. The maximum atomic E-state index is 13.0. The Labute approximate surface area is 198 Å². The van der Waals surface area contributed by atoms with Crippen molar-refractivity contribution in [2.45, 2.75) is 31.2 Å². The quantitative estimate of drug-likeness (QED) is 0.633. The lowest BCUT2D eigenvalue weighted by molar-refractivity contribution is -0.116. The molecule has 9 heteroatoms. The fraction of sp³-hybridized carbons (Fsp3) is 0.435. The van der Waals surface area contributed by atoms with Gasteiger partial charge in [-0.05, 0) is 59.1 Å². The summed E-state index contributed by atoms with van der Waals surface area (Å²) in [5, 5.41) is 0. The van der Waals surface area contributed by atoms with Crippen LogP contribution in [0.2, 0.25) is 0 Å². The van der Waals surface area contributed by atoms with Crippen molar-refractivity contribution in [1.82, 2.24) is 9.62 Å². The Morgan fingerprint density at radius 3 is 2.47 bits per heavy atom. The fourth-order valence-corrected chi connectivity index (χ4v) is 6.72. The number of sulfonamides is 1. The third kappa shape index (κ3) is 4.85. The topological polar surface area (TPSA) is 73.0 Å². The summed E-state index contributed by atoms with van der Waals surface area (Å²) in [7, 11) is -3.71. The van der Waals surface area contributed by atoms with Crippen LogP contribution in [-0.2, 0) is 21.2 Å². The predicted molar refractivity (Wildman–Crippen MR) is 131 cm³/mol. The van der Waals surface area contributed by atoms with Crippen LogP contribution in [0.4, 0.5) is 11.4 Å². The molecule has 7 nitrogen and oxygen atoms in total. The van der Waals surface area contributed by atoms with E-state index in [0.717, 1.165) is 38.2 Å². The maximum absolute atomic E-state index is 13.0. The van der Waals surface area contributed by atoms with Crippen LogP contribution in [0.5, 0.6) is 0 Å². The molecule has 0 spiro atoms. The molecule has 2 aromatic rings. The van der Waals surface area contributed by atoms with Crippen molar-refractivity contribution in [3.05, 3.63) is 52.5 Å². The molecule has 0 bridgehead atoms. The van der Waals surface area contributed by atoms with Gasteiger partial charge in [0.25, 0.3) is 0 Å². The highest BCUT2D eigenvalue weighted by Crippen LogP contribution is 2.37. The standard InChI is InChI=1S/C23H29BrN4O3S/c1-17-14-19-15-21(24)23(16-22(19)28(17)18(2)29)32(30,31)25-8-9-26-10-12-27(13-11-26)20-6-4-3-5-7-20/h3-7,15-17,25H,8-14H2,1-2H3. The number of nitrogens with one attached hydrogen (secondary N) is 1. The van der Waals surface area contributed by atoms with Crippen molar-refractivity contribution in [2.24, 2.45) is 0 Å². The van der Waals surface area contributed by atoms with Gasteiger partial charge in [0.2, 0.25) is 15.9 Å². The minimum absolute atomic E-state index is 0.0230. The molecule has 1 amide bonds. The predicted octanol–water partition coefficient (Wildman–Crippen LogP) is 2.85. The Hall–Kier alpha value is -1.94. The molecule has 2 aliphatic heterocycles. The molecule has 1 N–H and O–H groups in total. The van der Waals surface area contributed by atoms with Crippen molar-refractivity contribution in [3.63, 3.8) is 0 Å². The Kier molecular flexibility index (Phi) is 6.90. The van der Waals surface area contributed by atoms with E-state index >= 15 is 0 Å². The van der Waals surface area contributed by atoms with E-state index in [0.29, 0.717) is 23.2 Å². The van der Waals surface area contributed by atoms with Crippen molar-refractivity contribution in [1.29, 1.82) is 0 Å². The second-order valence-electron chi connectivity index (χ2n) is 8.42. The lowest BCUT2D eigenvalue weighted by Crippen LogP contribution is -2.48. The number of carbonyl (C=O) groups is 1. The molecule has 2 aromatic carbocycles. The molecule has 0 aromatic heterocycles. The highest BCUT2D eigenvalue weighted by atomic mass is 79.9. The SMILES string of the molecule is CC(=O)N1c2cc(S(=O)(=O)NCCN3CCN(c4ccccc4)CC3)c(Br)cc2CC1C. The molecule has 1 atom stereocenters. The smallest absolute Gasteiger partial charge is 0.241 e. The average Bonchev–Trinajstić information content (AvgIpc) is 3.08. The number of amides is 1. The zero-order valence-corrected chi connectivity index (χ0v) is 20.8. The molecule has 4 rings (SSSR count). The summed E-state index contributed by atoms with van der Waals surface area (Å²) in [5.74, 6) is -0.0791. The van der Waals surface area contributed by atoms with Gasteiger partial charge < -0.3 is 9.80 Å². The van der Waals surface area contributed by atoms with E-state index in [1.165, 1.54) is 12.6 Å². The minimum Gasteiger partial charge on any atom is -0.369 e. The zero-order valence-electron chi connectivity index (χ0n) is 18.4. The summed E-state index contributed by atoms with van der Waals surface area (Å²) in [5.41, 5.74) is 2.89. The molecule has 0 aliphatic carbocycles. The van der Waals surface area contributed by atoms with Gasteiger partial charge in [0.05, 0.1) is 4.90 Å². The van der Waals surface area contributed by atoms with Gasteiger partial charge in [-0.3, -0.25) is 9.69 Å². The lowest BCUT2D eigenvalue weighted by atomic mass is 10.1. The molecule has 1 saturated heterocycles. The molecule has 2 heterocycles. The van der Waals surface area contributed by atoms with Gasteiger partial charge in [-0.2, -0.15) is 0 Å². The zero-order chi connectivity index (χ0) is 22.9. The van der Waals surface area contributed by atoms with E-state index < -0.39 is 10.0 Å². The molecule has 1 fully saturated rings. The number of nitrogens with zero attached hydrogens (tertiary/aromatic N) is 3. The van der Waals surface area contributed by atoms with Crippen molar-refractivity contribution in [3.8, 4) is 0 Å². The lowest BCUT2D eigenvalue weighted by Gasteiger charge is -2.36. The first kappa shape index (κ1) is 23.2. The summed E-state index contributed by atoms with van der Waals surface area (Å²) in [6, 6.07) is 13.8. The van der Waals surface area contributed by atoms with Crippen LogP contribution in [0.1, 0.15) is 19.4 Å². The Balaban J connectivity index is 1.36. The summed E-state index contributed by atoms with van der Waals surface area (Å²) < 4.78 is 29.3. The van der Waals surface area contributed by atoms with E-state index in [1.54, 1.807) is 11.0 Å². The van der Waals surface area contributed by atoms with E-state index in [-0.39, 0.29) is 16.8 Å². The van der Waals surface area contributed by atoms with Crippen LogP contribution in [0, 0.1) is 0 Å². The molecule has 0 radical (unpaired) electrons. The summed E-state index contributed by atoms with van der Waals surface area (Å²) in [4.78, 5) is 18.5. The second-order valence-corrected chi connectivity index (χ2v) is 11.0. The summed E-state index contributed by atoms with van der Waals surface area (Å²) in [6.07, 6.45) is 0.718. The van der Waals surface area contributed by atoms with Gasteiger partial charge in [0, 0.05) is 68.1 Å². The maximum Gasteiger partial charge on any atom is 0.241 e. The normalized spacial score (nSPS) is 19.3. The number of hydrogen-bond donors (Lipinski definition) is 1. The van der Waals surface area contributed by atoms with Crippen molar-refractivity contribution < 1.29 is 13.2 Å². The fourth-order valence-electron chi connectivity index (χ4n) is 4.59. The van der Waals surface area contributed by atoms with Gasteiger partial charge in [-0.1, -0.05) is 18.2 Å². The third-order valence-electron chi connectivity index (χ3n) is 6.19. The molecule has 2 aliphatic rings. The number of hydrogen-bond acceptors (Lipinski definition) is 5. The van der Waals surface area contributed by atoms with E-state index in [1.807, 2.05) is 31.2 Å². The van der Waals surface area contributed by atoms with Crippen LogP contribution in [0.25, 0.3) is 0 Å². The number of piperazine rings is 1. The van der Waals surface area contributed by atoms with Crippen LogP contribution < -0.4 is 14.5 Å². The average molecular weight is 521 g/mol. The van der Waals surface area contributed by atoms with E-state index in [4.69, 9.17) is 0 Å². The monoisotopic (exact) mass is 520 g/mol. The summed E-state index contributed by atoms with van der Waals surface area (Å²) in [6.45, 7) is 8.11. The minimum atomic E-state index is -3.71. The Morgan fingerprint density at radius 2 is 1.81 bits per heavy atom. The number of carbonyl (C=O) groups excluding carboxylic acids is 1. The molecular formula is C23H29BrN4O3S. The second kappa shape index (κ2) is 9.51. The van der Waals surface area contributed by atoms with Crippen molar-refractivity contribution >= 4 is 43.2 Å². The third-order valence-corrected chi connectivity index (χ3v) is 8.61. The first-order valence-corrected chi connectivity index (χ1v) is 13.2. The molecular weight excluding hydrogens is 492 g/mol. The molecule has 1 unspecified atom stereocenters.